The highest BCUT2D eigenvalue weighted by Gasteiger charge is 2.30. The lowest BCUT2D eigenvalue weighted by Gasteiger charge is -2.21. The van der Waals surface area contributed by atoms with Gasteiger partial charge in [-0.05, 0) is 32.6 Å². The van der Waals surface area contributed by atoms with Gasteiger partial charge in [0.05, 0.1) is 17.8 Å². The maximum Gasteiger partial charge on any atom is 0.203 e. The Balaban J connectivity index is 2.18. The molecule has 1 aliphatic carbocycles. The minimum Gasteiger partial charge on any atom is -0.379 e. The second-order valence-corrected chi connectivity index (χ2v) is 4.81. The summed E-state index contributed by atoms with van der Waals surface area (Å²) in [5.74, 6) is 0.998. The van der Waals surface area contributed by atoms with Crippen LogP contribution in [0.5, 0.6) is 0 Å². The molecule has 2 rings (SSSR count). The van der Waals surface area contributed by atoms with Gasteiger partial charge in [0.2, 0.25) is 5.95 Å². The van der Waals surface area contributed by atoms with Crippen molar-refractivity contribution in [2.24, 2.45) is 0 Å². The number of aromatic nitrogens is 2. The molecular formula is C13H23N3O. The van der Waals surface area contributed by atoms with Crippen molar-refractivity contribution in [1.82, 2.24) is 9.55 Å². The highest BCUT2D eigenvalue weighted by atomic mass is 16.5. The first kappa shape index (κ1) is 12.4. The van der Waals surface area contributed by atoms with Gasteiger partial charge in [0.25, 0.3) is 0 Å². The molecule has 1 aliphatic rings. The summed E-state index contributed by atoms with van der Waals surface area (Å²) in [6.07, 6.45) is 7.18. The maximum absolute atomic E-state index is 5.57. The first-order chi connectivity index (χ1) is 8.26. The normalized spacial score (nSPS) is 24.2. The van der Waals surface area contributed by atoms with Gasteiger partial charge < -0.3 is 14.6 Å². The number of nitrogens with one attached hydrogen (secondary N) is 1. The number of hydrogen-bond acceptors (Lipinski definition) is 3. The lowest BCUT2D eigenvalue weighted by atomic mass is 10.2. The number of ether oxygens (including phenoxy) is 1. The third kappa shape index (κ3) is 2.63. The highest BCUT2D eigenvalue weighted by molar-refractivity contribution is 5.30. The van der Waals surface area contributed by atoms with Gasteiger partial charge in [0.1, 0.15) is 0 Å². The standard InChI is InChI=1S/C13H23N3O/c1-4-8-14-13-15-10(2)9-16(13)11-6-5-7-12(11)17-3/h9,11-12H,4-8H2,1-3H3,(H,14,15). The second-order valence-electron chi connectivity index (χ2n) is 4.81. The first-order valence-corrected chi connectivity index (χ1v) is 6.58. The van der Waals surface area contributed by atoms with E-state index in [4.69, 9.17) is 4.74 Å². The number of hydrogen-bond donors (Lipinski definition) is 1. The summed E-state index contributed by atoms with van der Waals surface area (Å²) < 4.78 is 7.84. The molecule has 0 radical (unpaired) electrons. The summed E-state index contributed by atoms with van der Waals surface area (Å²) in [5, 5.41) is 3.40. The van der Waals surface area contributed by atoms with E-state index in [2.05, 4.69) is 28.0 Å². The number of anilines is 1. The molecule has 0 aliphatic heterocycles. The molecule has 2 unspecified atom stereocenters. The number of rotatable bonds is 5. The molecule has 17 heavy (non-hydrogen) atoms. The summed E-state index contributed by atoms with van der Waals surface area (Å²) in [7, 11) is 1.81. The number of imidazole rings is 1. The van der Waals surface area contributed by atoms with Crippen LogP contribution in [0.1, 0.15) is 44.3 Å². The van der Waals surface area contributed by atoms with Gasteiger partial charge in [-0.3, -0.25) is 0 Å². The predicted octanol–water partition coefficient (Wildman–Crippen LogP) is 2.75. The number of methoxy groups -OCH3 is 1. The van der Waals surface area contributed by atoms with E-state index in [9.17, 15) is 0 Å². The summed E-state index contributed by atoms with van der Waals surface area (Å²) in [6, 6.07) is 0.445. The lowest BCUT2D eigenvalue weighted by Crippen LogP contribution is -2.22. The van der Waals surface area contributed by atoms with Crippen LogP contribution in [0.4, 0.5) is 5.95 Å². The molecule has 2 atom stereocenters. The highest BCUT2D eigenvalue weighted by Crippen LogP contribution is 2.34. The molecule has 0 spiro atoms. The van der Waals surface area contributed by atoms with E-state index < -0.39 is 0 Å². The third-order valence-electron chi connectivity index (χ3n) is 3.46. The predicted molar refractivity (Wildman–Crippen MR) is 69.4 cm³/mol. The minimum atomic E-state index is 0.339. The fourth-order valence-corrected chi connectivity index (χ4v) is 2.64. The molecule has 0 aromatic carbocycles. The van der Waals surface area contributed by atoms with E-state index in [1.54, 1.807) is 0 Å². The van der Waals surface area contributed by atoms with Crippen LogP contribution in [0.2, 0.25) is 0 Å². The zero-order valence-corrected chi connectivity index (χ0v) is 11.1. The van der Waals surface area contributed by atoms with Crippen LogP contribution in [0.3, 0.4) is 0 Å². The van der Waals surface area contributed by atoms with Crippen molar-refractivity contribution in [1.29, 1.82) is 0 Å². The van der Waals surface area contributed by atoms with Gasteiger partial charge in [-0.25, -0.2) is 4.98 Å². The lowest BCUT2D eigenvalue weighted by molar-refractivity contribution is 0.0755. The SMILES string of the molecule is CCCNc1nc(C)cn1C1CCCC1OC. The van der Waals surface area contributed by atoms with Gasteiger partial charge >= 0.3 is 0 Å². The van der Waals surface area contributed by atoms with Crippen LogP contribution in [-0.4, -0.2) is 29.3 Å². The topological polar surface area (TPSA) is 39.1 Å². The van der Waals surface area contributed by atoms with Crippen molar-refractivity contribution in [2.75, 3.05) is 19.0 Å². The van der Waals surface area contributed by atoms with Crippen LogP contribution in [0.15, 0.2) is 6.20 Å². The Morgan fingerprint density at radius 3 is 3.06 bits per heavy atom. The van der Waals surface area contributed by atoms with Crippen LogP contribution in [0, 0.1) is 6.92 Å². The number of aryl methyl sites for hydroxylation is 1. The molecule has 1 fully saturated rings. The Bertz CT molecular complexity index is 362. The number of nitrogens with zero attached hydrogens (tertiary/aromatic N) is 2. The van der Waals surface area contributed by atoms with Crippen LogP contribution in [-0.2, 0) is 4.74 Å². The molecule has 0 saturated heterocycles. The Morgan fingerprint density at radius 1 is 1.53 bits per heavy atom. The summed E-state index contributed by atoms with van der Waals surface area (Å²) in [4.78, 5) is 4.56. The van der Waals surface area contributed by atoms with E-state index >= 15 is 0 Å². The fraction of sp³-hybridized carbons (Fsp3) is 0.769. The zero-order valence-electron chi connectivity index (χ0n) is 11.1. The van der Waals surface area contributed by atoms with E-state index in [0.29, 0.717) is 12.1 Å². The Morgan fingerprint density at radius 2 is 2.35 bits per heavy atom. The van der Waals surface area contributed by atoms with Crippen molar-refractivity contribution in [3.8, 4) is 0 Å². The van der Waals surface area contributed by atoms with Crippen molar-refractivity contribution in [3.63, 3.8) is 0 Å². The first-order valence-electron chi connectivity index (χ1n) is 6.58. The molecule has 4 nitrogen and oxygen atoms in total. The average Bonchev–Trinajstić information content (AvgIpc) is 2.91. The maximum atomic E-state index is 5.57. The van der Waals surface area contributed by atoms with Gasteiger partial charge in [-0.15, -0.1) is 0 Å². The fourth-order valence-electron chi connectivity index (χ4n) is 2.64. The molecule has 1 heterocycles. The van der Waals surface area contributed by atoms with Crippen molar-refractivity contribution < 1.29 is 4.74 Å². The van der Waals surface area contributed by atoms with Crippen molar-refractivity contribution in [2.45, 2.75) is 51.7 Å². The molecule has 96 valence electrons. The van der Waals surface area contributed by atoms with E-state index in [-0.39, 0.29) is 0 Å². The molecule has 1 aromatic heterocycles. The van der Waals surface area contributed by atoms with Gasteiger partial charge in [0, 0.05) is 19.9 Å². The average molecular weight is 237 g/mol. The summed E-state index contributed by atoms with van der Waals surface area (Å²) >= 11 is 0. The Labute approximate surface area is 103 Å². The summed E-state index contributed by atoms with van der Waals surface area (Å²) in [5.41, 5.74) is 1.07. The molecule has 1 N–H and O–H groups in total. The summed E-state index contributed by atoms with van der Waals surface area (Å²) in [6.45, 7) is 5.19. The third-order valence-corrected chi connectivity index (χ3v) is 3.46. The van der Waals surface area contributed by atoms with Crippen molar-refractivity contribution in [3.05, 3.63) is 11.9 Å². The van der Waals surface area contributed by atoms with Gasteiger partial charge in [-0.2, -0.15) is 0 Å². The van der Waals surface area contributed by atoms with Crippen molar-refractivity contribution >= 4 is 5.95 Å². The quantitative estimate of drug-likeness (QED) is 0.856. The van der Waals surface area contributed by atoms with E-state index in [0.717, 1.165) is 31.0 Å². The molecule has 0 bridgehead atoms. The molecule has 1 saturated carbocycles. The van der Waals surface area contributed by atoms with Crippen LogP contribution >= 0.6 is 0 Å². The smallest absolute Gasteiger partial charge is 0.203 e. The monoisotopic (exact) mass is 237 g/mol. The largest absolute Gasteiger partial charge is 0.379 e. The Kier molecular flexibility index (Phi) is 4.05. The zero-order chi connectivity index (χ0) is 12.3. The van der Waals surface area contributed by atoms with Gasteiger partial charge in [-0.1, -0.05) is 6.92 Å². The van der Waals surface area contributed by atoms with Gasteiger partial charge in [0.15, 0.2) is 0 Å². The minimum absolute atomic E-state index is 0.339. The Hall–Kier alpha value is -1.03. The molecule has 0 amide bonds. The second kappa shape index (κ2) is 5.54. The van der Waals surface area contributed by atoms with E-state index in [1.807, 2.05) is 14.0 Å². The molecular weight excluding hydrogens is 214 g/mol. The van der Waals surface area contributed by atoms with Crippen LogP contribution in [0.25, 0.3) is 0 Å². The molecule has 1 aromatic rings. The molecule has 4 heteroatoms. The van der Waals surface area contributed by atoms with E-state index in [1.165, 1.54) is 12.8 Å². The van der Waals surface area contributed by atoms with Crippen LogP contribution < -0.4 is 5.32 Å².